The molecule has 0 bridgehead atoms. The van der Waals surface area contributed by atoms with Gasteiger partial charge in [-0.25, -0.2) is 0 Å². The van der Waals surface area contributed by atoms with Gasteiger partial charge in [-0.1, -0.05) is 37.3 Å². The highest BCUT2D eigenvalue weighted by Gasteiger charge is 2.45. The third-order valence-corrected chi connectivity index (χ3v) is 15.7. The van der Waals surface area contributed by atoms with Gasteiger partial charge in [0.25, 0.3) is 0 Å². The van der Waals surface area contributed by atoms with Crippen LogP contribution in [0.1, 0.15) is 38.7 Å². The van der Waals surface area contributed by atoms with E-state index in [1.165, 1.54) is 5.56 Å². The Morgan fingerprint density at radius 1 is 0.935 bits per heavy atom. The fourth-order valence-corrected chi connectivity index (χ4v) is 17.9. The molecule has 0 spiro atoms. The molecule has 7 heteroatoms. The zero-order valence-electron chi connectivity index (χ0n) is 21.5. The summed E-state index contributed by atoms with van der Waals surface area (Å²) in [6, 6.07) is 13.0. The molecule has 1 aromatic carbocycles. The Morgan fingerprint density at radius 3 is 1.94 bits per heavy atom. The summed E-state index contributed by atoms with van der Waals surface area (Å²) in [6.07, 6.45) is 1.78. The van der Waals surface area contributed by atoms with E-state index < -0.39 is 25.2 Å². The average molecular weight is 482 g/mol. The molecule has 0 aliphatic carbocycles. The summed E-state index contributed by atoms with van der Waals surface area (Å²) in [5.74, 6) is 0.448. The van der Waals surface area contributed by atoms with Gasteiger partial charge in [0.2, 0.25) is 0 Å². The zero-order valence-corrected chi connectivity index (χ0v) is 24.5. The Bertz CT molecular complexity index is 634. The van der Waals surface area contributed by atoms with Gasteiger partial charge < -0.3 is 13.0 Å². The van der Waals surface area contributed by atoms with E-state index in [-0.39, 0.29) is 0 Å². The second kappa shape index (κ2) is 11.2. The number of nitrogens with zero attached hydrogens (tertiary/aromatic N) is 1. The van der Waals surface area contributed by atoms with Crippen molar-refractivity contribution in [2.24, 2.45) is 0 Å². The highest BCUT2D eigenvalue weighted by molar-refractivity contribution is 6.88. The second-order valence-corrected chi connectivity index (χ2v) is 24.3. The molecule has 0 saturated carbocycles. The summed E-state index contributed by atoms with van der Waals surface area (Å²) in [7, 11) is -5.86. The van der Waals surface area contributed by atoms with Gasteiger partial charge in [-0.2, -0.15) is 0 Å². The first-order valence-electron chi connectivity index (χ1n) is 12.1. The van der Waals surface area contributed by atoms with Crippen LogP contribution in [0.15, 0.2) is 30.3 Å². The molecule has 0 radical (unpaired) electrons. The first-order valence-corrected chi connectivity index (χ1v) is 21.1. The van der Waals surface area contributed by atoms with Gasteiger partial charge in [0, 0.05) is 13.1 Å². The highest BCUT2D eigenvalue weighted by Crippen LogP contribution is 2.35. The standard InChI is InChI=1S/C24H47NO3Si3/c1-21(24-14-11-10-12-15-24)20-31(27-29(4,5)6,28-30(7,8)9)17-13-16-25-18-22(2)26-23(3)19-25/h10-12,14-15,21-23H,13,16-20H2,1-9H3. The number of morpholine rings is 1. The number of hydrogen-bond acceptors (Lipinski definition) is 4. The molecule has 3 unspecified atom stereocenters. The van der Waals surface area contributed by atoms with E-state index in [4.69, 9.17) is 13.0 Å². The molecule has 0 N–H and O–H groups in total. The SMILES string of the molecule is CC1CN(CCC[Si](CC(C)c2ccccc2)(O[Si](C)(C)C)O[Si](C)(C)C)CC(C)O1. The van der Waals surface area contributed by atoms with Crippen molar-refractivity contribution >= 4 is 25.2 Å². The highest BCUT2D eigenvalue weighted by atomic mass is 28.5. The van der Waals surface area contributed by atoms with Gasteiger partial charge in [0.15, 0.2) is 16.6 Å². The van der Waals surface area contributed by atoms with Crippen LogP contribution >= 0.6 is 0 Å². The maximum Gasteiger partial charge on any atom is 0.318 e. The summed E-state index contributed by atoms with van der Waals surface area (Å²) in [4.78, 5) is 2.57. The van der Waals surface area contributed by atoms with Crippen molar-refractivity contribution in [1.29, 1.82) is 0 Å². The normalized spacial score (nSPS) is 22.5. The molecular formula is C24H47NO3Si3. The summed E-state index contributed by atoms with van der Waals surface area (Å²) in [6.45, 7) is 23.8. The Morgan fingerprint density at radius 2 is 1.45 bits per heavy atom. The third kappa shape index (κ3) is 10.0. The van der Waals surface area contributed by atoms with Crippen molar-refractivity contribution in [3.8, 4) is 0 Å². The van der Waals surface area contributed by atoms with Crippen LogP contribution in [0.3, 0.4) is 0 Å². The first-order chi connectivity index (χ1) is 14.3. The number of benzene rings is 1. The van der Waals surface area contributed by atoms with Gasteiger partial charge >= 0.3 is 8.56 Å². The quantitative estimate of drug-likeness (QED) is 0.341. The third-order valence-electron chi connectivity index (χ3n) is 5.50. The van der Waals surface area contributed by atoms with Crippen LogP contribution in [0.4, 0.5) is 0 Å². The second-order valence-electron chi connectivity index (χ2n) is 11.5. The van der Waals surface area contributed by atoms with Crippen molar-refractivity contribution in [3.63, 3.8) is 0 Å². The Labute approximate surface area is 195 Å². The monoisotopic (exact) mass is 481 g/mol. The lowest BCUT2D eigenvalue weighted by Gasteiger charge is -2.43. The van der Waals surface area contributed by atoms with Crippen molar-refractivity contribution in [2.75, 3.05) is 19.6 Å². The van der Waals surface area contributed by atoms with E-state index in [9.17, 15) is 0 Å². The van der Waals surface area contributed by atoms with Crippen LogP contribution in [0, 0.1) is 0 Å². The Hall–Kier alpha value is -0.289. The van der Waals surface area contributed by atoms with Gasteiger partial charge in [-0.05, 0) is 89.7 Å². The summed E-state index contributed by atoms with van der Waals surface area (Å²) in [5, 5.41) is 0. The Kier molecular flexibility index (Phi) is 9.76. The largest absolute Gasteiger partial charge is 0.436 e. The van der Waals surface area contributed by atoms with Crippen molar-refractivity contribution in [3.05, 3.63) is 35.9 Å². The van der Waals surface area contributed by atoms with Gasteiger partial charge in [0.1, 0.15) is 0 Å². The molecule has 0 amide bonds. The topological polar surface area (TPSA) is 30.9 Å². The van der Waals surface area contributed by atoms with Gasteiger partial charge in [0.05, 0.1) is 12.2 Å². The van der Waals surface area contributed by atoms with Gasteiger partial charge in [-0.3, -0.25) is 4.90 Å². The van der Waals surface area contributed by atoms with Gasteiger partial charge in [-0.15, -0.1) is 0 Å². The predicted octanol–water partition coefficient (Wildman–Crippen LogP) is 6.43. The molecule has 1 saturated heterocycles. The number of ether oxygens (including phenoxy) is 1. The lowest BCUT2D eigenvalue weighted by Crippen LogP contribution is -2.55. The molecule has 1 aliphatic rings. The van der Waals surface area contributed by atoms with E-state index in [1.807, 2.05) is 0 Å². The molecule has 0 aromatic heterocycles. The van der Waals surface area contributed by atoms with Crippen molar-refractivity contribution < 1.29 is 13.0 Å². The Balaban J connectivity index is 2.19. The maximum absolute atomic E-state index is 7.07. The molecule has 1 fully saturated rings. The smallest absolute Gasteiger partial charge is 0.318 e. The molecule has 1 aromatic rings. The maximum atomic E-state index is 7.07. The van der Waals surface area contributed by atoms with Crippen LogP contribution < -0.4 is 0 Å². The molecule has 31 heavy (non-hydrogen) atoms. The molecule has 4 nitrogen and oxygen atoms in total. The number of rotatable bonds is 11. The van der Waals surface area contributed by atoms with Crippen LogP contribution in [-0.4, -0.2) is 61.9 Å². The van der Waals surface area contributed by atoms with E-state index in [1.54, 1.807) is 0 Å². The van der Waals surface area contributed by atoms with Crippen molar-refractivity contribution in [2.45, 2.75) is 96.7 Å². The van der Waals surface area contributed by atoms with E-state index in [0.717, 1.165) is 38.1 Å². The minimum atomic E-state index is -2.37. The molecule has 1 aliphatic heterocycles. The minimum absolute atomic E-state index is 0.320. The minimum Gasteiger partial charge on any atom is -0.436 e. The molecule has 1 heterocycles. The summed E-state index contributed by atoms with van der Waals surface area (Å²) < 4.78 is 20.1. The lowest BCUT2D eigenvalue weighted by molar-refractivity contribution is -0.0678. The molecular weight excluding hydrogens is 435 g/mol. The zero-order chi connectivity index (χ0) is 23.3. The van der Waals surface area contributed by atoms with Crippen molar-refractivity contribution in [1.82, 2.24) is 4.90 Å². The fourth-order valence-electron chi connectivity index (χ4n) is 4.83. The molecule has 3 atom stereocenters. The molecule has 2 rings (SSSR count). The van der Waals surface area contributed by atoms with E-state index in [2.05, 4.69) is 95.3 Å². The van der Waals surface area contributed by atoms with E-state index in [0.29, 0.717) is 18.1 Å². The number of hydrogen-bond donors (Lipinski definition) is 0. The van der Waals surface area contributed by atoms with Crippen LogP contribution in [0.25, 0.3) is 0 Å². The lowest BCUT2D eigenvalue weighted by atomic mass is 10.0. The van der Waals surface area contributed by atoms with E-state index >= 15 is 0 Å². The molecule has 178 valence electrons. The van der Waals surface area contributed by atoms with Crippen LogP contribution in [0.2, 0.25) is 51.4 Å². The van der Waals surface area contributed by atoms with Crippen LogP contribution in [-0.2, 0) is 13.0 Å². The summed E-state index contributed by atoms with van der Waals surface area (Å²) >= 11 is 0. The predicted molar refractivity (Wildman–Crippen MR) is 140 cm³/mol. The first kappa shape index (κ1) is 27.0. The summed E-state index contributed by atoms with van der Waals surface area (Å²) in [5.41, 5.74) is 1.40. The van der Waals surface area contributed by atoms with Crippen LogP contribution in [0.5, 0.6) is 0 Å². The fraction of sp³-hybridized carbons (Fsp3) is 0.750. The average Bonchev–Trinajstić information content (AvgIpc) is 2.58.